The van der Waals surface area contributed by atoms with Gasteiger partial charge in [0.15, 0.2) is 0 Å². The molecule has 0 saturated heterocycles. The van der Waals surface area contributed by atoms with Crippen molar-refractivity contribution in [3.05, 3.63) is 64.2 Å². The van der Waals surface area contributed by atoms with Crippen molar-refractivity contribution in [1.29, 1.82) is 0 Å². The fourth-order valence-electron chi connectivity index (χ4n) is 1.55. The predicted octanol–water partition coefficient (Wildman–Crippen LogP) is 3.54. The maximum absolute atomic E-state index is 13.5. The Morgan fingerprint density at radius 1 is 1.00 bits per heavy atom. The van der Waals surface area contributed by atoms with E-state index >= 15 is 0 Å². The van der Waals surface area contributed by atoms with Crippen LogP contribution in [0.25, 0.3) is 11.1 Å². The second-order valence-corrected chi connectivity index (χ2v) is 3.40. The van der Waals surface area contributed by atoms with Gasteiger partial charge >= 0.3 is 0 Å². The van der Waals surface area contributed by atoms with Crippen LogP contribution in [0.15, 0.2) is 42.5 Å². The highest BCUT2D eigenvalue weighted by Crippen LogP contribution is 2.28. The molecule has 0 spiro atoms. The monoisotopic (exact) mass is 235 g/mol. The summed E-state index contributed by atoms with van der Waals surface area (Å²) < 4.78 is 26.9. The summed E-state index contributed by atoms with van der Waals surface area (Å²) in [6.07, 6.45) is 0. The Bertz CT molecular complexity index is 564. The Hall–Kier alpha value is -2.30. The molecule has 0 radical (unpaired) electrons. The van der Waals surface area contributed by atoms with Gasteiger partial charge in [0, 0.05) is 12.1 Å². The number of non-ortho nitro benzene ring substituents is 1. The van der Waals surface area contributed by atoms with E-state index in [1.54, 1.807) is 0 Å². The minimum atomic E-state index is -0.745. The summed E-state index contributed by atoms with van der Waals surface area (Å²) in [7, 11) is 0. The molecule has 0 bridgehead atoms. The number of hydrogen-bond acceptors (Lipinski definition) is 2. The average molecular weight is 235 g/mol. The van der Waals surface area contributed by atoms with Crippen molar-refractivity contribution in [1.82, 2.24) is 0 Å². The molecule has 0 heterocycles. The van der Waals surface area contributed by atoms with Crippen LogP contribution in [0.2, 0.25) is 0 Å². The van der Waals surface area contributed by atoms with E-state index in [0.717, 1.165) is 18.2 Å². The fourth-order valence-corrected chi connectivity index (χ4v) is 1.55. The minimum Gasteiger partial charge on any atom is -0.258 e. The van der Waals surface area contributed by atoms with Gasteiger partial charge in [-0.2, -0.15) is 0 Å². The predicted molar refractivity (Wildman–Crippen MR) is 58.4 cm³/mol. The van der Waals surface area contributed by atoms with Crippen molar-refractivity contribution in [2.24, 2.45) is 0 Å². The third-order valence-electron chi connectivity index (χ3n) is 2.31. The number of rotatable bonds is 2. The van der Waals surface area contributed by atoms with E-state index in [1.807, 2.05) is 0 Å². The van der Waals surface area contributed by atoms with Crippen molar-refractivity contribution < 1.29 is 13.7 Å². The molecule has 5 heteroatoms. The van der Waals surface area contributed by atoms with Gasteiger partial charge in [0.25, 0.3) is 5.69 Å². The third-order valence-corrected chi connectivity index (χ3v) is 2.31. The lowest BCUT2D eigenvalue weighted by Gasteiger charge is -2.04. The lowest BCUT2D eigenvalue weighted by Crippen LogP contribution is -1.92. The first kappa shape index (κ1) is 11.2. The molecule has 0 unspecified atom stereocenters. The van der Waals surface area contributed by atoms with Gasteiger partial charge in [0.05, 0.1) is 10.5 Å². The Labute approximate surface area is 95.5 Å². The molecule has 0 N–H and O–H groups in total. The number of nitro groups is 1. The number of benzene rings is 2. The van der Waals surface area contributed by atoms with E-state index in [1.165, 1.54) is 24.3 Å². The first-order valence-electron chi connectivity index (χ1n) is 4.78. The molecule has 17 heavy (non-hydrogen) atoms. The molecule has 0 aromatic heterocycles. The van der Waals surface area contributed by atoms with E-state index in [-0.39, 0.29) is 16.8 Å². The van der Waals surface area contributed by atoms with Crippen LogP contribution in [0.4, 0.5) is 14.5 Å². The normalized spacial score (nSPS) is 10.2. The van der Waals surface area contributed by atoms with Crippen LogP contribution in [0.5, 0.6) is 0 Å². The molecule has 0 aliphatic heterocycles. The van der Waals surface area contributed by atoms with Gasteiger partial charge in [0.1, 0.15) is 11.6 Å². The van der Waals surface area contributed by atoms with Crippen LogP contribution in [-0.2, 0) is 0 Å². The summed E-state index contributed by atoms with van der Waals surface area (Å²) in [5.41, 5.74) is -0.309. The maximum atomic E-state index is 13.5. The topological polar surface area (TPSA) is 43.1 Å². The number of nitrogens with zero attached hydrogens (tertiary/aromatic N) is 1. The van der Waals surface area contributed by atoms with Gasteiger partial charge in [-0.3, -0.25) is 10.1 Å². The van der Waals surface area contributed by atoms with Gasteiger partial charge in [-0.05, 0) is 17.7 Å². The summed E-state index contributed by atoms with van der Waals surface area (Å²) in [4.78, 5) is 9.96. The number of halogens is 2. The highest BCUT2D eigenvalue weighted by molar-refractivity contribution is 5.67. The van der Waals surface area contributed by atoms with Crippen LogP contribution < -0.4 is 0 Å². The fraction of sp³-hybridized carbons (Fsp3) is 0. The van der Waals surface area contributed by atoms with E-state index in [9.17, 15) is 18.9 Å². The van der Waals surface area contributed by atoms with E-state index < -0.39 is 16.6 Å². The highest BCUT2D eigenvalue weighted by Gasteiger charge is 2.13. The zero-order chi connectivity index (χ0) is 12.4. The van der Waals surface area contributed by atoms with Crippen molar-refractivity contribution in [3.8, 4) is 11.1 Å². The Morgan fingerprint density at radius 3 is 2.18 bits per heavy atom. The third kappa shape index (κ3) is 2.13. The highest BCUT2D eigenvalue weighted by atomic mass is 19.1. The van der Waals surface area contributed by atoms with Crippen LogP contribution in [-0.4, -0.2) is 4.92 Å². The molecule has 0 aliphatic carbocycles. The van der Waals surface area contributed by atoms with Crippen LogP contribution in [0, 0.1) is 21.7 Å². The van der Waals surface area contributed by atoms with Gasteiger partial charge in [0.2, 0.25) is 0 Å². The zero-order valence-corrected chi connectivity index (χ0v) is 8.56. The second kappa shape index (κ2) is 4.29. The van der Waals surface area contributed by atoms with Crippen molar-refractivity contribution in [3.63, 3.8) is 0 Å². The van der Waals surface area contributed by atoms with E-state index in [0.29, 0.717) is 0 Å². The molecule has 2 rings (SSSR count). The molecule has 0 saturated carbocycles. The zero-order valence-electron chi connectivity index (χ0n) is 8.56. The number of nitro benzene ring substituents is 1. The molecule has 3 nitrogen and oxygen atoms in total. The summed E-state index contributed by atoms with van der Waals surface area (Å²) in [6.45, 7) is 0. The molecule has 0 fully saturated rings. The minimum absolute atomic E-state index is 0.148. The van der Waals surface area contributed by atoms with Gasteiger partial charge in [-0.25, -0.2) is 8.78 Å². The molecular weight excluding hydrogens is 228 g/mol. The molecule has 0 aliphatic rings. The smallest absolute Gasteiger partial charge is 0.258 e. The van der Waals surface area contributed by atoms with Crippen LogP contribution in [0.3, 0.4) is 0 Å². The second-order valence-electron chi connectivity index (χ2n) is 3.40. The van der Waals surface area contributed by atoms with E-state index in [4.69, 9.17) is 0 Å². The van der Waals surface area contributed by atoms with Gasteiger partial charge in [-0.1, -0.05) is 18.2 Å². The quantitative estimate of drug-likeness (QED) is 0.590. The molecule has 2 aromatic rings. The van der Waals surface area contributed by atoms with Gasteiger partial charge < -0.3 is 0 Å². The van der Waals surface area contributed by atoms with E-state index in [2.05, 4.69) is 0 Å². The summed E-state index contributed by atoms with van der Waals surface area (Å²) >= 11 is 0. The first-order valence-corrected chi connectivity index (χ1v) is 4.78. The van der Waals surface area contributed by atoms with Crippen molar-refractivity contribution in [2.75, 3.05) is 0 Å². The van der Waals surface area contributed by atoms with Crippen LogP contribution in [0.1, 0.15) is 0 Å². The van der Waals surface area contributed by atoms with Crippen molar-refractivity contribution in [2.45, 2.75) is 0 Å². The molecule has 2 aromatic carbocycles. The molecule has 0 atom stereocenters. The Balaban J connectivity index is 2.61. The first-order chi connectivity index (χ1) is 8.09. The maximum Gasteiger partial charge on any atom is 0.270 e. The van der Waals surface area contributed by atoms with Gasteiger partial charge in [-0.15, -0.1) is 0 Å². The summed E-state index contributed by atoms with van der Waals surface area (Å²) in [5, 5.41) is 10.6. The largest absolute Gasteiger partial charge is 0.270 e. The standard InChI is InChI=1S/C12H7F2NO2/c13-10-5-2-6-11(14)12(10)8-3-1-4-9(7-8)15(16)17/h1-7H. The summed E-state index contributed by atoms with van der Waals surface area (Å²) in [6, 6.07) is 8.68. The Kier molecular flexibility index (Phi) is 2.82. The average Bonchev–Trinajstić information content (AvgIpc) is 2.29. The lowest BCUT2D eigenvalue weighted by atomic mass is 10.0. The van der Waals surface area contributed by atoms with Crippen molar-refractivity contribution >= 4 is 5.69 Å². The SMILES string of the molecule is O=[N+]([O-])c1cccc(-c2c(F)cccc2F)c1. The lowest BCUT2D eigenvalue weighted by molar-refractivity contribution is -0.384. The summed E-state index contributed by atoms with van der Waals surface area (Å²) in [5.74, 6) is -1.49. The molecule has 0 amide bonds. The molecular formula is C12H7F2NO2. The Morgan fingerprint density at radius 2 is 1.59 bits per heavy atom. The molecule has 86 valence electrons. The number of hydrogen-bond donors (Lipinski definition) is 0. The van der Waals surface area contributed by atoms with Crippen LogP contribution >= 0.6 is 0 Å².